The lowest BCUT2D eigenvalue weighted by atomic mass is 10.2. The minimum Gasteiger partial charge on any atom is -0.383 e. The molecule has 0 spiro atoms. The third kappa shape index (κ3) is 4.47. The number of pyridine rings is 1. The van der Waals surface area contributed by atoms with Crippen LogP contribution in [0.1, 0.15) is 40.0 Å². The lowest BCUT2D eigenvalue weighted by molar-refractivity contribution is 0.528. The van der Waals surface area contributed by atoms with Crippen molar-refractivity contribution in [3.05, 3.63) is 18.3 Å². The van der Waals surface area contributed by atoms with Crippen LogP contribution in [-0.4, -0.2) is 26.0 Å². The van der Waals surface area contributed by atoms with Crippen molar-refractivity contribution in [3.8, 4) is 0 Å². The van der Waals surface area contributed by atoms with Crippen LogP contribution >= 0.6 is 0 Å². The Bertz CT molecular complexity index is 484. The SMILES string of the molecule is CCCNc1cccnc1S(=O)(=O)NC(CC)CC. The van der Waals surface area contributed by atoms with Gasteiger partial charge in [0.05, 0.1) is 5.69 Å². The van der Waals surface area contributed by atoms with Crippen molar-refractivity contribution in [1.82, 2.24) is 9.71 Å². The molecule has 0 fully saturated rings. The molecule has 2 N–H and O–H groups in total. The van der Waals surface area contributed by atoms with Crippen LogP contribution in [-0.2, 0) is 10.0 Å². The second-order valence-electron chi connectivity index (χ2n) is 4.42. The van der Waals surface area contributed by atoms with Gasteiger partial charge in [-0.15, -0.1) is 0 Å². The van der Waals surface area contributed by atoms with E-state index < -0.39 is 10.0 Å². The molecule has 1 aromatic heterocycles. The van der Waals surface area contributed by atoms with E-state index in [1.807, 2.05) is 20.8 Å². The minimum atomic E-state index is -3.57. The highest BCUT2D eigenvalue weighted by atomic mass is 32.2. The van der Waals surface area contributed by atoms with E-state index in [1.54, 1.807) is 12.1 Å². The first-order chi connectivity index (χ1) is 9.05. The minimum absolute atomic E-state index is 0.0500. The van der Waals surface area contributed by atoms with Crippen molar-refractivity contribution in [2.45, 2.75) is 51.1 Å². The number of hydrogen-bond donors (Lipinski definition) is 2. The number of rotatable bonds is 8. The quantitative estimate of drug-likeness (QED) is 0.769. The zero-order valence-electron chi connectivity index (χ0n) is 11.8. The Morgan fingerprint density at radius 2 is 1.95 bits per heavy atom. The van der Waals surface area contributed by atoms with Gasteiger partial charge in [0.1, 0.15) is 0 Å². The molecule has 0 aliphatic carbocycles. The van der Waals surface area contributed by atoms with E-state index in [-0.39, 0.29) is 11.1 Å². The van der Waals surface area contributed by atoms with Gasteiger partial charge in [-0.05, 0) is 31.4 Å². The van der Waals surface area contributed by atoms with E-state index in [1.165, 1.54) is 6.20 Å². The number of nitrogens with one attached hydrogen (secondary N) is 2. The molecule has 0 radical (unpaired) electrons. The summed E-state index contributed by atoms with van der Waals surface area (Å²) >= 11 is 0. The fourth-order valence-corrected chi connectivity index (χ4v) is 3.24. The van der Waals surface area contributed by atoms with E-state index in [4.69, 9.17) is 0 Å². The molecule has 1 aromatic rings. The molecule has 1 rings (SSSR count). The highest BCUT2D eigenvalue weighted by Crippen LogP contribution is 2.18. The molecule has 6 heteroatoms. The Hall–Kier alpha value is -1.14. The molecule has 0 saturated carbocycles. The van der Waals surface area contributed by atoms with Gasteiger partial charge in [0.25, 0.3) is 10.0 Å². The zero-order chi connectivity index (χ0) is 14.3. The number of anilines is 1. The van der Waals surface area contributed by atoms with Crippen molar-refractivity contribution in [2.75, 3.05) is 11.9 Å². The topological polar surface area (TPSA) is 71.1 Å². The second-order valence-corrected chi connectivity index (χ2v) is 6.05. The highest BCUT2D eigenvalue weighted by molar-refractivity contribution is 7.89. The zero-order valence-corrected chi connectivity index (χ0v) is 12.6. The highest BCUT2D eigenvalue weighted by Gasteiger charge is 2.22. The van der Waals surface area contributed by atoms with E-state index in [9.17, 15) is 8.42 Å². The maximum Gasteiger partial charge on any atom is 0.260 e. The first-order valence-corrected chi connectivity index (χ1v) is 8.24. The third-order valence-electron chi connectivity index (χ3n) is 2.90. The Morgan fingerprint density at radius 1 is 1.26 bits per heavy atom. The molecule has 5 nitrogen and oxygen atoms in total. The molecule has 0 aromatic carbocycles. The lowest BCUT2D eigenvalue weighted by Gasteiger charge is -2.16. The van der Waals surface area contributed by atoms with Crippen LogP contribution in [0.15, 0.2) is 23.4 Å². The molecular weight excluding hydrogens is 262 g/mol. The average molecular weight is 285 g/mol. The summed E-state index contributed by atoms with van der Waals surface area (Å²) in [6.07, 6.45) is 3.95. The molecule has 0 saturated heterocycles. The monoisotopic (exact) mass is 285 g/mol. The number of nitrogens with zero attached hydrogens (tertiary/aromatic N) is 1. The van der Waals surface area contributed by atoms with Gasteiger partial charge in [-0.25, -0.2) is 18.1 Å². The molecule has 0 aliphatic heterocycles. The smallest absolute Gasteiger partial charge is 0.260 e. The Balaban J connectivity index is 3.00. The van der Waals surface area contributed by atoms with Gasteiger partial charge in [0.15, 0.2) is 5.03 Å². The molecule has 0 atom stereocenters. The predicted molar refractivity (Wildman–Crippen MR) is 77.7 cm³/mol. The van der Waals surface area contributed by atoms with Crippen molar-refractivity contribution < 1.29 is 8.42 Å². The van der Waals surface area contributed by atoms with Gasteiger partial charge in [0.2, 0.25) is 0 Å². The van der Waals surface area contributed by atoms with Crippen molar-refractivity contribution in [3.63, 3.8) is 0 Å². The van der Waals surface area contributed by atoms with Crippen LogP contribution < -0.4 is 10.0 Å². The van der Waals surface area contributed by atoms with Crippen LogP contribution in [0.4, 0.5) is 5.69 Å². The van der Waals surface area contributed by atoms with Gasteiger partial charge in [-0.1, -0.05) is 20.8 Å². The lowest BCUT2D eigenvalue weighted by Crippen LogP contribution is -2.34. The molecule has 0 unspecified atom stereocenters. The Labute approximate surface area is 115 Å². The average Bonchev–Trinajstić information content (AvgIpc) is 2.42. The van der Waals surface area contributed by atoms with Crippen LogP contribution in [0.2, 0.25) is 0 Å². The van der Waals surface area contributed by atoms with Crippen molar-refractivity contribution in [1.29, 1.82) is 0 Å². The largest absolute Gasteiger partial charge is 0.383 e. The first-order valence-electron chi connectivity index (χ1n) is 6.76. The molecule has 19 heavy (non-hydrogen) atoms. The van der Waals surface area contributed by atoms with E-state index in [0.717, 1.165) is 25.8 Å². The second kappa shape index (κ2) is 7.45. The summed E-state index contributed by atoms with van der Waals surface area (Å²) in [4.78, 5) is 4.01. The van der Waals surface area contributed by atoms with Crippen molar-refractivity contribution in [2.24, 2.45) is 0 Å². The fourth-order valence-electron chi connectivity index (χ4n) is 1.73. The van der Waals surface area contributed by atoms with Crippen LogP contribution in [0.5, 0.6) is 0 Å². The van der Waals surface area contributed by atoms with Gasteiger partial charge in [0, 0.05) is 18.8 Å². The van der Waals surface area contributed by atoms with Gasteiger partial charge in [-0.3, -0.25) is 0 Å². The van der Waals surface area contributed by atoms with E-state index in [0.29, 0.717) is 5.69 Å². The van der Waals surface area contributed by atoms with Crippen molar-refractivity contribution >= 4 is 15.7 Å². The molecular formula is C13H23N3O2S. The Morgan fingerprint density at radius 3 is 2.53 bits per heavy atom. The summed E-state index contributed by atoms with van der Waals surface area (Å²) in [6.45, 7) is 6.68. The predicted octanol–water partition coefficient (Wildman–Crippen LogP) is 2.37. The molecule has 108 valence electrons. The summed E-state index contributed by atoms with van der Waals surface area (Å²) in [5.74, 6) is 0. The summed E-state index contributed by atoms with van der Waals surface area (Å²) in [7, 11) is -3.57. The van der Waals surface area contributed by atoms with Crippen LogP contribution in [0, 0.1) is 0 Å². The molecule has 1 heterocycles. The summed E-state index contributed by atoms with van der Waals surface area (Å²) in [6, 6.07) is 3.42. The summed E-state index contributed by atoms with van der Waals surface area (Å²) in [5.41, 5.74) is 0.558. The standard InChI is InChI=1S/C13H23N3O2S/c1-4-9-14-12-8-7-10-15-13(12)19(17,18)16-11(5-2)6-3/h7-8,10-11,14,16H,4-6,9H2,1-3H3. The normalized spacial score (nSPS) is 11.8. The number of sulfonamides is 1. The van der Waals surface area contributed by atoms with Gasteiger partial charge in [-0.2, -0.15) is 0 Å². The van der Waals surface area contributed by atoms with Crippen LogP contribution in [0.25, 0.3) is 0 Å². The van der Waals surface area contributed by atoms with Gasteiger partial charge >= 0.3 is 0 Å². The molecule has 0 bridgehead atoms. The third-order valence-corrected chi connectivity index (χ3v) is 4.38. The summed E-state index contributed by atoms with van der Waals surface area (Å²) in [5, 5.41) is 3.18. The first kappa shape index (κ1) is 15.9. The number of aromatic nitrogens is 1. The van der Waals surface area contributed by atoms with Crippen LogP contribution in [0.3, 0.4) is 0 Å². The van der Waals surface area contributed by atoms with Gasteiger partial charge < -0.3 is 5.32 Å². The van der Waals surface area contributed by atoms with E-state index >= 15 is 0 Å². The maximum atomic E-state index is 12.3. The molecule has 0 aliphatic rings. The Kier molecular flexibility index (Phi) is 6.24. The van der Waals surface area contributed by atoms with E-state index in [2.05, 4.69) is 15.0 Å². The number of hydrogen-bond acceptors (Lipinski definition) is 4. The maximum absolute atomic E-state index is 12.3. The molecule has 0 amide bonds. The summed E-state index contributed by atoms with van der Waals surface area (Å²) < 4.78 is 27.4. The fraction of sp³-hybridized carbons (Fsp3) is 0.615.